The number of aromatic nitrogens is 3. The van der Waals surface area contributed by atoms with Crippen LogP contribution in [0.5, 0.6) is 0 Å². The molecule has 33 heavy (non-hydrogen) atoms. The van der Waals surface area contributed by atoms with E-state index in [1.807, 2.05) is 49.1 Å². The van der Waals surface area contributed by atoms with Gasteiger partial charge in [-0.3, -0.25) is 14.2 Å². The fraction of sp³-hybridized carbons (Fsp3) is 0.583. The van der Waals surface area contributed by atoms with Crippen LogP contribution >= 0.6 is 11.8 Å². The van der Waals surface area contributed by atoms with E-state index in [1.54, 1.807) is 0 Å². The van der Waals surface area contributed by atoms with Gasteiger partial charge in [-0.25, -0.2) is 0 Å². The van der Waals surface area contributed by atoms with Crippen molar-refractivity contribution >= 4 is 29.6 Å². The lowest BCUT2D eigenvalue weighted by Gasteiger charge is -2.32. The van der Waals surface area contributed by atoms with E-state index in [1.165, 1.54) is 18.2 Å². The number of rotatable bonds is 7. The van der Waals surface area contributed by atoms with Crippen molar-refractivity contribution in [1.29, 1.82) is 0 Å². The zero-order valence-corrected chi connectivity index (χ0v) is 20.3. The van der Waals surface area contributed by atoms with Crippen molar-refractivity contribution in [3.05, 3.63) is 30.3 Å². The van der Waals surface area contributed by atoms with Crippen molar-refractivity contribution in [2.45, 2.75) is 56.4 Å². The molecule has 1 atom stereocenters. The minimum Gasteiger partial charge on any atom is -0.466 e. The van der Waals surface area contributed by atoms with Crippen LogP contribution in [-0.2, 0) is 14.3 Å². The van der Waals surface area contributed by atoms with Crippen LogP contribution in [0.3, 0.4) is 0 Å². The van der Waals surface area contributed by atoms with E-state index in [-0.39, 0.29) is 23.0 Å². The van der Waals surface area contributed by atoms with Crippen LogP contribution in [0.2, 0.25) is 0 Å². The van der Waals surface area contributed by atoms with Crippen LogP contribution in [0, 0.1) is 5.92 Å². The third-order valence-electron chi connectivity index (χ3n) is 6.33. The Morgan fingerprint density at radius 2 is 1.76 bits per heavy atom. The molecule has 0 spiro atoms. The summed E-state index contributed by atoms with van der Waals surface area (Å²) in [5.74, 6) is 0.668. The van der Waals surface area contributed by atoms with Gasteiger partial charge in [-0.05, 0) is 58.1 Å². The van der Waals surface area contributed by atoms with E-state index in [2.05, 4.69) is 19.7 Å². The van der Waals surface area contributed by atoms with Gasteiger partial charge in [-0.1, -0.05) is 30.0 Å². The molecule has 1 aromatic carbocycles. The number of piperidine rings is 2. The van der Waals surface area contributed by atoms with Crippen molar-refractivity contribution in [2.75, 3.05) is 37.7 Å². The lowest BCUT2D eigenvalue weighted by atomic mass is 9.97. The average Bonchev–Trinajstić information content (AvgIpc) is 3.28. The summed E-state index contributed by atoms with van der Waals surface area (Å²) in [7, 11) is 0. The van der Waals surface area contributed by atoms with Gasteiger partial charge in [-0.15, -0.1) is 10.2 Å². The van der Waals surface area contributed by atoms with Gasteiger partial charge in [-0.2, -0.15) is 0 Å². The number of amides is 1. The Labute approximate surface area is 199 Å². The summed E-state index contributed by atoms with van der Waals surface area (Å²) in [5.41, 5.74) is 1.00. The molecule has 2 aromatic rings. The molecule has 178 valence electrons. The molecule has 0 N–H and O–H groups in total. The zero-order valence-electron chi connectivity index (χ0n) is 19.5. The Hall–Kier alpha value is -2.55. The van der Waals surface area contributed by atoms with E-state index in [0.29, 0.717) is 32.5 Å². The number of hydrogen-bond acceptors (Lipinski definition) is 7. The maximum Gasteiger partial charge on any atom is 0.309 e. The normalized spacial score (nSPS) is 18.2. The molecule has 0 bridgehead atoms. The molecule has 2 aliphatic heterocycles. The summed E-state index contributed by atoms with van der Waals surface area (Å²) in [6, 6.07) is 10.1. The number of carbonyl (C=O) groups excluding carboxylic acids is 2. The van der Waals surface area contributed by atoms with Gasteiger partial charge in [0, 0.05) is 26.2 Å². The monoisotopic (exact) mass is 471 g/mol. The van der Waals surface area contributed by atoms with Crippen molar-refractivity contribution in [2.24, 2.45) is 5.92 Å². The molecular weight excluding hydrogens is 438 g/mol. The predicted molar refractivity (Wildman–Crippen MR) is 129 cm³/mol. The summed E-state index contributed by atoms with van der Waals surface area (Å²) < 4.78 is 7.22. The van der Waals surface area contributed by atoms with E-state index in [9.17, 15) is 9.59 Å². The van der Waals surface area contributed by atoms with Gasteiger partial charge in [0.25, 0.3) is 0 Å². The van der Waals surface area contributed by atoms with E-state index < -0.39 is 0 Å². The highest BCUT2D eigenvalue weighted by Crippen LogP contribution is 2.31. The van der Waals surface area contributed by atoms with Crippen LogP contribution in [0.4, 0.5) is 5.95 Å². The number of ether oxygens (including phenoxy) is 1. The van der Waals surface area contributed by atoms with Crippen LogP contribution in [0.25, 0.3) is 5.69 Å². The molecular formula is C24H33N5O3S. The Morgan fingerprint density at radius 3 is 2.42 bits per heavy atom. The highest BCUT2D eigenvalue weighted by Gasteiger charge is 2.31. The van der Waals surface area contributed by atoms with Crippen LogP contribution < -0.4 is 4.90 Å². The molecule has 2 fully saturated rings. The molecule has 0 aliphatic carbocycles. The summed E-state index contributed by atoms with van der Waals surface area (Å²) in [6.45, 7) is 7.25. The average molecular weight is 472 g/mol. The molecule has 2 saturated heterocycles. The van der Waals surface area contributed by atoms with Gasteiger partial charge < -0.3 is 14.5 Å². The van der Waals surface area contributed by atoms with Crippen molar-refractivity contribution < 1.29 is 14.3 Å². The molecule has 0 radical (unpaired) electrons. The maximum atomic E-state index is 13.2. The number of benzene rings is 1. The summed E-state index contributed by atoms with van der Waals surface area (Å²) >= 11 is 1.45. The van der Waals surface area contributed by atoms with Gasteiger partial charge in [0.1, 0.15) is 0 Å². The minimum atomic E-state index is -0.301. The predicted octanol–water partition coefficient (Wildman–Crippen LogP) is 3.54. The standard InChI is InChI=1S/C24H33N5O3S/c1-3-32-22(31)19-12-16-27(17-13-19)21(30)18(2)33-24-26-25-23(28-14-8-5-9-15-28)29(24)20-10-6-4-7-11-20/h4,6-7,10-11,18-19H,3,5,8-9,12-17H2,1-2H3/t18-/m0/s1. The van der Waals surface area contributed by atoms with Crippen LogP contribution in [0.15, 0.2) is 35.5 Å². The molecule has 2 aliphatic rings. The number of para-hydroxylation sites is 1. The van der Waals surface area contributed by atoms with Crippen LogP contribution in [-0.4, -0.2) is 69.6 Å². The first-order valence-electron chi connectivity index (χ1n) is 12.0. The molecule has 3 heterocycles. The smallest absolute Gasteiger partial charge is 0.309 e. The molecule has 0 saturated carbocycles. The zero-order chi connectivity index (χ0) is 23.2. The number of nitrogens with zero attached hydrogens (tertiary/aromatic N) is 5. The summed E-state index contributed by atoms with van der Waals surface area (Å²) in [4.78, 5) is 29.3. The quantitative estimate of drug-likeness (QED) is 0.451. The van der Waals surface area contributed by atoms with Gasteiger partial charge in [0.05, 0.1) is 23.5 Å². The fourth-order valence-electron chi connectivity index (χ4n) is 4.50. The lowest BCUT2D eigenvalue weighted by molar-refractivity contribution is -0.151. The topological polar surface area (TPSA) is 80.6 Å². The molecule has 1 amide bonds. The minimum absolute atomic E-state index is 0.0736. The second-order valence-electron chi connectivity index (χ2n) is 8.61. The number of hydrogen-bond donors (Lipinski definition) is 0. The highest BCUT2D eigenvalue weighted by molar-refractivity contribution is 8.00. The molecule has 1 aromatic heterocycles. The van der Waals surface area contributed by atoms with Crippen molar-refractivity contribution in [3.8, 4) is 5.69 Å². The largest absolute Gasteiger partial charge is 0.466 e. The Morgan fingerprint density at radius 1 is 1.06 bits per heavy atom. The van der Waals surface area contributed by atoms with Crippen molar-refractivity contribution in [1.82, 2.24) is 19.7 Å². The number of thioether (sulfide) groups is 1. The highest BCUT2D eigenvalue weighted by atomic mass is 32.2. The summed E-state index contributed by atoms with van der Waals surface area (Å²) in [5, 5.41) is 9.45. The molecule has 0 unspecified atom stereocenters. The van der Waals surface area contributed by atoms with Crippen molar-refractivity contribution in [3.63, 3.8) is 0 Å². The Bertz CT molecular complexity index is 937. The van der Waals surface area contributed by atoms with Gasteiger partial charge in [0.15, 0.2) is 5.16 Å². The first-order valence-corrected chi connectivity index (χ1v) is 12.8. The van der Waals surface area contributed by atoms with E-state index in [4.69, 9.17) is 4.74 Å². The maximum absolute atomic E-state index is 13.2. The first-order chi connectivity index (χ1) is 16.1. The second kappa shape index (κ2) is 11.0. The van der Waals surface area contributed by atoms with E-state index in [0.717, 1.165) is 42.7 Å². The summed E-state index contributed by atoms with van der Waals surface area (Å²) in [6.07, 6.45) is 4.86. The molecule has 4 rings (SSSR count). The molecule has 8 nitrogen and oxygen atoms in total. The van der Waals surface area contributed by atoms with Gasteiger partial charge in [0.2, 0.25) is 11.9 Å². The Kier molecular flexibility index (Phi) is 7.90. The third-order valence-corrected chi connectivity index (χ3v) is 7.36. The number of anilines is 1. The SMILES string of the molecule is CCOC(=O)C1CCN(C(=O)[C@H](C)Sc2nnc(N3CCCCC3)n2-c2ccccc2)CC1. The van der Waals surface area contributed by atoms with E-state index >= 15 is 0 Å². The third kappa shape index (κ3) is 5.51. The lowest BCUT2D eigenvalue weighted by Crippen LogP contribution is -2.43. The number of esters is 1. The number of likely N-dealkylation sites (tertiary alicyclic amines) is 1. The fourth-order valence-corrected chi connectivity index (χ4v) is 5.45. The Balaban J connectivity index is 1.46. The second-order valence-corrected chi connectivity index (χ2v) is 9.92. The first kappa shape index (κ1) is 23.6. The van der Waals surface area contributed by atoms with Gasteiger partial charge >= 0.3 is 5.97 Å². The molecule has 9 heteroatoms. The number of carbonyl (C=O) groups is 2. The van der Waals surface area contributed by atoms with Crippen LogP contribution in [0.1, 0.15) is 46.0 Å².